The van der Waals surface area contributed by atoms with E-state index in [0.717, 1.165) is 23.3 Å². The molecule has 32 heavy (non-hydrogen) atoms. The maximum Gasteiger partial charge on any atom is 0.416 e. The summed E-state index contributed by atoms with van der Waals surface area (Å²) in [6.07, 6.45) is -1.99. The number of benzene rings is 3. The van der Waals surface area contributed by atoms with Gasteiger partial charge < -0.3 is 10.1 Å². The molecule has 3 aromatic carbocycles. The van der Waals surface area contributed by atoms with Crippen LogP contribution in [0.1, 0.15) is 5.56 Å². The van der Waals surface area contributed by atoms with Gasteiger partial charge in [0.1, 0.15) is 18.4 Å². The molecule has 0 radical (unpaired) electrons. The predicted octanol–water partition coefficient (Wildman–Crippen LogP) is 4.97. The Labute approximate surface area is 181 Å². The average Bonchev–Trinajstić information content (AvgIpc) is 3.33. The number of nitrogens with one attached hydrogen (secondary N) is 1. The Morgan fingerprint density at radius 1 is 0.969 bits per heavy atom. The van der Waals surface area contributed by atoms with Crippen molar-refractivity contribution in [1.82, 2.24) is 14.8 Å². The van der Waals surface area contributed by atoms with Crippen molar-refractivity contribution >= 4 is 11.6 Å². The molecule has 0 saturated heterocycles. The number of ether oxygens (including phenoxy) is 1. The SMILES string of the molecule is O=C(COc1ccc(-c2ccccc2)cc1)Nc1cc(C(F)(F)F)ccc1-n1cncn1. The van der Waals surface area contributed by atoms with Gasteiger partial charge in [-0.2, -0.15) is 18.3 Å². The highest BCUT2D eigenvalue weighted by Gasteiger charge is 2.31. The van der Waals surface area contributed by atoms with Crippen LogP contribution in [0.5, 0.6) is 5.75 Å². The molecule has 0 saturated carbocycles. The molecule has 0 aliphatic heterocycles. The van der Waals surface area contributed by atoms with E-state index < -0.39 is 17.6 Å². The summed E-state index contributed by atoms with van der Waals surface area (Å²) in [5.74, 6) is -0.154. The maximum atomic E-state index is 13.1. The fourth-order valence-electron chi connectivity index (χ4n) is 3.05. The summed E-state index contributed by atoms with van der Waals surface area (Å²) in [4.78, 5) is 16.2. The monoisotopic (exact) mass is 438 g/mol. The molecule has 162 valence electrons. The first-order chi connectivity index (χ1) is 15.4. The number of halogens is 3. The summed E-state index contributed by atoms with van der Waals surface area (Å²) < 4.78 is 46.1. The van der Waals surface area contributed by atoms with Crippen LogP contribution in [0, 0.1) is 0 Å². The van der Waals surface area contributed by atoms with Gasteiger partial charge in [-0.25, -0.2) is 9.67 Å². The van der Waals surface area contributed by atoms with E-state index in [2.05, 4.69) is 15.4 Å². The van der Waals surface area contributed by atoms with Crippen molar-refractivity contribution in [1.29, 1.82) is 0 Å². The third-order valence-corrected chi connectivity index (χ3v) is 4.59. The first-order valence-electron chi connectivity index (χ1n) is 9.54. The molecule has 4 aromatic rings. The van der Waals surface area contributed by atoms with Crippen LogP contribution in [0.2, 0.25) is 0 Å². The highest BCUT2D eigenvalue weighted by molar-refractivity contribution is 5.94. The van der Waals surface area contributed by atoms with Crippen LogP contribution in [0.3, 0.4) is 0 Å². The topological polar surface area (TPSA) is 69.0 Å². The van der Waals surface area contributed by atoms with Crippen LogP contribution in [-0.4, -0.2) is 27.3 Å². The number of anilines is 1. The molecule has 0 bridgehead atoms. The number of nitrogens with zero attached hydrogens (tertiary/aromatic N) is 3. The van der Waals surface area contributed by atoms with Gasteiger partial charge in [0.15, 0.2) is 6.61 Å². The molecular weight excluding hydrogens is 421 g/mol. The average molecular weight is 438 g/mol. The summed E-state index contributed by atoms with van der Waals surface area (Å²) in [6, 6.07) is 19.9. The lowest BCUT2D eigenvalue weighted by Gasteiger charge is -2.14. The molecule has 0 atom stereocenters. The first-order valence-corrected chi connectivity index (χ1v) is 9.54. The molecular formula is C23H17F3N4O2. The Hall–Kier alpha value is -4.14. The Morgan fingerprint density at radius 2 is 1.69 bits per heavy atom. The Kier molecular flexibility index (Phi) is 5.89. The number of alkyl halides is 3. The summed E-state index contributed by atoms with van der Waals surface area (Å²) in [5.41, 5.74) is 1.33. The van der Waals surface area contributed by atoms with Crippen molar-refractivity contribution in [2.24, 2.45) is 0 Å². The van der Waals surface area contributed by atoms with E-state index in [1.807, 2.05) is 42.5 Å². The third-order valence-electron chi connectivity index (χ3n) is 4.59. The van der Waals surface area contributed by atoms with Gasteiger partial charge in [0.05, 0.1) is 16.9 Å². The minimum absolute atomic E-state index is 0.0571. The number of rotatable bonds is 6. The molecule has 1 aromatic heterocycles. The molecule has 0 aliphatic rings. The second kappa shape index (κ2) is 8.93. The Morgan fingerprint density at radius 3 is 2.34 bits per heavy atom. The molecule has 4 rings (SSSR count). The van der Waals surface area contributed by atoms with E-state index in [1.165, 1.54) is 23.4 Å². The smallest absolute Gasteiger partial charge is 0.416 e. The van der Waals surface area contributed by atoms with E-state index in [9.17, 15) is 18.0 Å². The summed E-state index contributed by atoms with van der Waals surface area (Å²) in [6.45, 7) is -0.377. The number of hydrogen-bond acceptors (Lipinski definition) is 4. The lowest BCUT2D eigenvalue weighted by molar-refractivity contribution is -0.137. The number of carbonyl (C=O) groups excluding carboxylic acids is 1. The van der Waals surface area contributed by atoms with Crippen LogP contribution < -0.4 is 10.1 Å². The van der Waals surface area contributed by atoms with Gasteiger partial charge in [0.25, 0.3) is 5.91 Å². The standard InChI is InChI=1S/C23H17F3N4O2/c24-23(25,26)18-8-11-21(30-15-27-14-28-30)20(12-18)29-22(31)13-32-19-9-6-17(7-10-19)16-4-2-1-3-5-16/h1-12,14-15H,13H2,(H,29,31). The van der Waals surface area contributed by atoms with Crippen LogP contribution in [0.4, 0.5) is 18.9 Å². The highest BCUT2D eigenvalue weighted by atomic mass is 19.4. The van der Waals surface area contributed by atoms with Crippen molar-refractivity contribution < 1.29 is 22.7 Å². The van der Waals surface area contributed by atoms with Gasteiger partial charge in [-0.15, -0.1) is 0 Å². The third kappa shape index (κ3) is 4.94. The zero-order valence-electron chi connectivity index (χ0n) is 16.6. The summed E-state index contributed by atoms with van der Waals surface area (Å²) in [5, 5.41) is 6.38. The number of amides is 1. The predicted molar refractivity (Wildman–Crippen MR) is 112 cm³/mol. The lowest BCUT2D eigenvalue weighted by Crippen LogP contribution is -2.21. The molecule has 0 fully saturated rings. The van der Waals surface area contributed by atoms with E-state index in [4.69, 9.17) is 4.74 Å². The first kappa shape index (κ1) is 21.1. The summed E-state index contributed by atoms with van der Waals surface area (Å²) in [7, 11) is 0. The van der Waals surface area contributed by atoms with Gasteiger partial charge in [-0.05, 0) is 41.5 Å². The lowest BCUT2D eigenvalue weighted by atomic mass is 10.1. The molecule has 1 heterocycles. The normalized spacial score (nSPS) is 11.2. The molecule has 0 aliphatic carbocycles. The minimum Gasteiger partial charge on any atom is -0.484 e. The summed E-state index contributed by atoms with van der Waals surface area (Å²) >= 11 is 0. The van der Waals surface area contributed by atoms with Crippen LogP contribution in [0.25, 0.3) is 16.8 Å². The van der Waals surface area contributed by atoms with Crippen LogP contribution in [-0.2, 0) is 11.0 Å². The number of hydrogen-bond donors (Lipinski definition) is 1. The van der Waals surface area contributed by atoms with E-state index in [-0.39, 0.29) is 18.0 Å². The zero-order valence-corrected chi connectivity index (χ0v) is 16.6. The van der Waals surface area contributed by atoms with E-state index in [0.29, 0.717) is 5.75 Å². The van der Waals surface area contributed by atoms with Gasteiger partial charge in [0.2, 0.25) is 0 Å². The molecule has 9 heteroatoms. The fraction of sp³-hybridized carbons (Fsp3) is 0.0870. The maximum absolute atomic E-state index is 13.1. The molecule has 0 unspecified atom stereocenters. The largest absolute Gasteiger partial charge is 0.484 e. The second-order valence-electron chi connectivity index (χ2n) is 6.80. The van der Waals surface area contributed by atoms with Crippen molar-refractivity contribution in [3.63, 3.8) is 0 Å². The zero-order chi connectivity index (χ0) is 22.6. The quantitative estimate of drug-likeness (QED) is 0.462. The number of carbonyl (C=O) groups is 1. The van der Waals surface area contributed by atoms with Crippen molar-refractivity contribution in [3.8, 4) is 22.6 Å². The highest BCUT2D eigenvalue weighted by Crippen LogP contribution is 2.33. The van der Waals surface area contributed by atoms with Crippen molar-refractivity contribution in [2.75, 3.05) is 11.9 Å². The van der Waals surface area contributed by atoms with Crippen molar-refractivity contribution in [2.45, 2.75) is 6.18 Å². The van der Waals surface area contributed by atoms with Gasteiger partial charge in [-0.1, -0.05) is 42.5 Å². The molecule has 1 amide bonds. The van der Waals surface area contributed by atoms with Gasteiger partial charge in [-0.3, -0.25) is 4.79 Å². The van der Waals surface area contributed by atoms with Crippen molar-refractivity contribution in [3.05, 3.63) is 91.0 Å². The van der Waals surface area contributed by atoms with Crippen LogP contribution >= 0.6 is 0 Å². The van der Waals surface area contributed by atoms with Crippen LogP contribution in [0.15, 0.2) is 85.5 Å². The fourth-order valence-corrected chi connectivity index (χ4v) is 3.05. The number of aromatic nitrogens is 3. The van der Waals surface area contributed by atoms with Gasteiger partial charge in [0, 0.05) is 0 Å². The van der Waals surface area contributed by atoms with Gasteiger partial charge >= 0.3 is 6.18 Å². The Balaban J connectivity index is 1.46. The Bertz CT molecular complexity index is 1190. The molecule has 0 spiro atoms. The second-order valence-corrected chi connectivity index (χ2v) is 6.80. The van der Waals surface area contributed by atoms with E-state index >= 15 is 0 Å². The van der Waals surface area contributed by atoms with E-state index in [1.54, 1.807) is 12.1 Å². The minimum atomic E-state index is -4.56. The molecule has 6 nitrogen and oxygen atoms in total. The molecule has 1 N–H and O–H groups in total.